The van der Waals surface area contributed by atoms with Crippen molar-refractivity contribution in [3.63, 3.8) is 0 Å². The van der Waals surface area contributed by atoms with Crippen LogP contribution in [0, 0.1) is 0 Å². The highest BCUT2D eigenvalue weighted by atomic mass is 19.4. The van der Waals surface area contributed by atoms with Gasteiger partial charge in [-0.05, 0) is 44.2 Å². The van der Waals surface area contributed by atoms with E-state index in [2.05, 4.69) is 14.5 Å². The van der Waals surface area contributed by atoms with Gasteiger partial charge < -0.3 is 9.64 Å². The van der Waals surface area contributed by atoms with Crippen LogP contribution in [0.25, 0.3) is 11.0 Å². The van der Waals surface area contributed by atoms with E-state index in [1.165, 1.54) is 12.1 Å². The highest BCUT2D eigenvalue weighted by Gasteiger charge is 2.31. The summed E-state index contributed by atoms with van der Waals surface area (Å²) >= 11 is 0. The molecule has 1 aromatic heterocycles. The maximum Gasteiger partial charge on any atom is 0.416 e. The van der Waals surface area contributed by atoms with Gasteiger partial charge in [0.1, 0.15) is 0 Å². The van der Waals surface area contributed by atoms with Crippen LogP contribution in [0.5, 0.6) is 6.01 Å². The molecule has 0 radical (unpaired) electrons. The van der Waals surface area contributed by atoms with Crippen molar-refractivity contribution in [2.24, 2.45) is 0 Å². The Hall–Kier alpha value is -2.74. The number of anilines is 1. The van der Waals surface area contributed by atoms with Gasteiger partial charge in [-0.2, -0.15) is 18.2 Å². The van der Waals surface area contributed by atoms with Gasteiger partial charge in [0.2, 0.25) is 0 Å². The number of ether oxygens (including phenoxy) is 1. The van der Waals surface area contributed by atoms with E-state index in [0.29, 0.717) is 24.8 Å². The molecule has 166 valence electrons. The van der Waals surface area contributed by atoms with Crippen molar-refractivity contribution >= 4 is 16.7 Å². The first-order valence-corrected chi connectivity index (χ1v) is 10.6. The Morgan fingerprint density at radius 2 is 1.71 bits per heavy atom. The first-order chi connectivity index (χ1) is 14.8. The molecule has 31 heavy (non-hydrogen) atoms. The van der Waals surface area contributed by atoms with E-state index in [-0.39, 0.29) is 6.10 Å². The Morgan fingerprint density at radius 3 is 2.42 bits per heavy atom. The minimum Gasteiger partial charge on any atom is -0.462 e. The first kappa shape index (κ1) is 21.5. The van der Waals surface area contributed by atoms with Crippen molar-refractivity contribution in [2.45, 2.75) is 32.7 Å². The second-order valence-corrected chi connectivity index (χ2v) is 8.08. The van der Waals surface area contributed by atoms with E-state index >= 15 is 0 Å². The molecule has 3 aromatic rings. The molecule has 0 N–H and O–H groups in total. The number of hydrogen-bond donors (Lipinski definition) is 0. The molecule has 2 heterocycles. The van der Waals surface area contributed by atoms with E-state index in [4.69, 9.17) is 4.74 Å². The van der Waals surface area contributed by atoms with Gasteiger partial charge in [-0.3, -0.25) is 9.47 Å². The molecular formula is C23H27F3N4O. The lowest BCUT2D eigenvalue weighted by Gasteiger charge is -2.36. The van der Waals surface area contributed by atoms with E-state index in [1.54, 1.807) is 6.07 Å². The number of alkyl halides is 3. The Bertz CT molecular complexity index is 1020. The highest BCUT2D eigenvalue weighted by molar-refractivity contribution is 5.76. The Balaban J connectivity index is 1.39. The third-order valence-corrected chi connectivity index (χ3v) is 5.51. The van der Waals surface area contributed by atoms with E-state index < -0.39 is 11.7 Å². The van der Waals surface area contributed by atoms with Gasteiger partial charge in [0, 0.05) is 45.0 Å². The Labute approximate surface area is 180 Å². The fraction of sp³-hybridized carbons (Fsp3) is 0.435. The standard InChI is InChI=1S/C23H27F3N4O/c1-17(2)31-22-27-20-8-3-4-9-21(20)30(22)15-12-28-10-13-29(14-11-28)19-7-5-6-18(16-19)23(24,25)26/h3-9,16-17H,10-15H2,1-2H3. The second kappa shape index (κ2) is 8.78. The zero-order valence-corrected chi connectivity index (χ0v) is 17.8. The maximum atomic E-state index is 13.0. The lowest BCUT2D eigenvalue weighted by molar-refractivity contribution is -0.137. The van der Waals surface area contributed by atoms with Crippen LogP contribution in [0.2, 0.25) is 0 Å². The summed E-state index contributed by atoms with van der Waals surface area (Å²) in [6.07, 6.45) is -4.28. The summed E-state index contributed by atoms with van der Waals surface area (Å²) in [7, 11) is 0. The first-order valence-electron chi connectivity index (χ1n) is 10.6. The number of fused-ring (bicyclic) bond motifs is 1. The number of benzene rings is 2. The number of imidazole rings is 1. The van der Waals surface area contributed by atoms with Crippen LogP contribution < -0.4 is 9.64 Å². The van der Waals surface area contributed by atoms with Crippen LogP contribution in [0.4, 0.5) is 18.9 Å². The molecule has 0 unspecified atom stereocenters. The van der Waals surface area contributed by atoms with Gasteiger partial charge in [0.15, 0.2) is 0 Å². The lowest BCUT2D eigenvalue weighted by atomic mass is 10.1. The van der Waals surface area contributed by atoms with Crippen molar-refractivity contribution in [3.8, 4) is 6.01 Å². The van der Waals surface area contributed by atoms with Crippen LogP contribution >= 0.6 is 0 Å². The molecule has 1 aliphatic heterocycles. The van der Waals surface area contributed by atoms with Gasteiger partial charge in [0.05, 0.1) is 22.7 Å². The minimum atomic E-state index is -4.32. The summed E-state index contributed by atoms with van der Waals surface area (Å²) in [5.74, 6) is 0. The number of rotatable bonds is 6. The largest absolute Gasteiger partial charge is 0.462 e. The Morgan fingerprint density at radius 1 is 0.968 bits per heavy atom. The predicted molar refractivity (Wildman–Crippen MR) is 116 cm³/mol. The molecule has 1 aliphatic rings. The number of halogens is 3. The van der Waals surface area contributed by atoms with Crippen LogP contribution in [0.3, 0.4) is 0 Å². The maximum absolute atomic E-state index is 13.0. The molecule has 0 amide bonds. The van der Waals surface area contributed by atoms with E-state index in [9.17, 15) is 13.2 Å². The van der Waals surface area contributed by atoms with Crippen molar-refractivity contribution in [2.75, 3.05) is 37.6 Å². The van der Waals surface area contributed by atoms with Crippen LogP contribution in [-0.2, 0) is 12.7 Å². The summed E-state index contributed by atoms with van der Waals surface area (Å²) in [5.41, 5.74) is 1.98. The molecule has 0 saturated carbocycles. The molecular weight excluding hydrogens is 405 g/mol. The van der Waals surface area contributed by atoms with Gasteiger partial charge in [0.25, 0.3) is 6.01 Å². The summed E-state index contributed by atoms with van der Waals surface area (Å²) in [6, 6.07) is 14.2. The molecule has 5 nitrogen and oxygen atoms in total. The topological polar surface area (TPSA) is 33.5 Å². The van der Waals surface area contributed by atoms with Gasteiger partial charge in [-0.15, -0.1) is 0 Å². The fourth-order valence-electron chi connectivity index (χ4n) is 3.92. The predicted octanol–water partition coefficient (Wildman–Crippen LogP) is 4.66. The number of piperazine rings is 1. The second-order valence-electron chi connectivity index (χ2n) is 8.08. The third-order valence-electron chi connectivity index (χ3n) is 5.51. The summed E-state index contributed by atoms with van der Waals surface area (Å²) in [4.78, 5) is 8.97. The molecule has 1 saturated heterocycles. The number of aromatic nitrogens is 2. The third kappa shape index (κ3) is 4.95. The molecule has 1 fully saturated rings. The molecule has 4 rings (SSSR count). The molecule has 0 spiro atoms. The molecule has 2 aromatic carbocycles. The van der Waals surface area contributed by atoms with Crippen molar-refractivity contribution in [3.05, 3.63) is 54.1 Å². The molecule has 0 atom stereocenters. The molecule has 0 aliphatic carbocycles. The molecule has 0 bridgehead atoms. The van der Waals surface area contributed by atoms with Crippen molar-refractivity contribution in [1.29, 1.82) is 0 Å². The van der Waals surface area contributed by atoms with Crippen LogP contribution in [0.15, 0.2) is 48.5 Å². The summed E-state index contributed by atoms with van der Waals surface area (Å²) in [6.45, 7) is 8.51. The van der Waals surface area contributed by atoms with Crippen molar-refractivity contribution < 1.29 is 17.9 Å². The molecule has 8 heteroatoms. The number of nitrogens with zero attached hydrogens (tertiary/aromatic N) is 4. The highest BCUT2D eigenvalue weighted by Crippen LogP contribution is 2.32. The van der Waals surface area contributed by atoms with Gasteiger partial charge in [-0.25, -0.2) is 0 Å². The summed E-state index contributed by atoms with van der Waals surface area (Å²) in [5, 5.41) is 0. The minimum absolute atomic E-state index is 0.0339. The normalized spacial score (nSPS) is 15.7. The van der Waals surface area contributed by atoms with Crippen molar-refractivity contribution in [1.82, 2.24) is 14.5 Å². The number of hydrogen-bond acceptors (Lipinski definition) is 4. The zero-order valence-electron chi connectivity index (χ0n) is 17.8. The van der Waals surface area contributed by atoms with E-state index in [1.807, 2.05) is 43.0 Å². The fourth-order valence-corrected chi connectivity index (χ4v) is 3.92. The SMILES string of the molecule is CC(C)Oc1nc2ccccc2n1CCN1CCN(c2cccc(C(F)(F)F)c2)CC1. The van der Waals surface area contributed by atoms with Gasteiger partial charge >= 0.3 is 6.18 Å². The van der Waals surface area contributed by atoms with Crippen LogP contribution in [0.1, 0.15) is 19.4 Å². The van der Waals surface area contributed by atoms with Gasteiger partial charge in [-0.1, -0.05) is 18.2 Å². The summed E-state index contributed by atoms with van der Waals surface area (Å²) < 4.78 is 47.1. The van der Waals surface area contributed by atoms with E-state index in [0.717, 1.165) is 43.3 Å². The number of para-hydroxylation sites is 2. The smallest absolute Gasteiger partial charge is 0.416 e. The van der Waals surface area contributed by atoms with Crippen LogP contribution in [-0.4, -0.2) is 53.3 Å². The Kier molecular flexibility index (Phi) is 6.09. The average Bonchev–Trinajstić information content (AvgIpc) is 3.08. The quantitative estimate of drug-likeness (QED) is 0.567. The monoisotopic (exact) mass is 432 g/mol. The zero-order chi connectivity index (χ0) is 22.0. The average molecular weight is 432 g/mol. The lowest BCUT2D eigenvalue weighted by Crippen LogP contribution is -2.47.